The van der Waals surface area contributed by atoms with E-state index in [9.17, 15) is 14.4 Å². The zero-order valence-corrected chi connectivity index (χ0v) is 25.1. The molecular weight excluding hydrogens is 530 g/mol. The minimum atomic E-state index is -0.615. The van der Waals surface area contributed by atoms with E-state index in [0.717, 1.165) is 51.3 Å². The maximum absolute atomic E-state index is 13.0. The molecule has 0 aromatic carbocycles. The molecule has 0 saturated carbocycles. The molecule has 1 aliphatic rings. The maximum Gasteiger partial charge on any atom is 0.412 e. The molecule has 3 rings (SSSR count). The van der Waals surface area contributed by atoms with Crippen molar-refractivity contribution in [2.75, 3.05) is 44.7 Å². The van der Waals surface area contributed by atoms with E-state index in [1.807, 2.05) is 25.3 Å². The largest absolute Gasteiger partial charge is 0.444 e. The number of ketones is 1. The number of hydrogen-bond donors (Lipinski definition) is 2. The van der Waals surface area contributed by atoms with E-state index in [4.69, 9.17) is 9.47 Å². The van der Waals surface area contributed by atoms with Gasteiger partial charge in [0.25, 0.3) is 0 Å². The number of nitrogens with one attached hydrogen (secondary N) is 2. The van der Waals surface area contributed by atoms with Gasteiger partial charge in [-0.15, -0.1) is 11.3 Å². The molecule has 0 spiro atoms. The number of pyridine rings is 1. The van der Waals surface area contributed by atoms with Crippen LogP contribution in [0.25, 0.3) is 0 Å². The number of nitrogens with zero attached hydrogens (tertiary/aromatic N) is 3. The van der Waals surface area contributed by atoms with E-state index in [1.165, 1.54) is 11.3 Å². The Bertz CT molecular complexity index is 1110. The molecular formula is C29H43N5O5S. The molecule has 0 atom stereocenters. The average Bonchev–Trinajstić information content (AvgIpc) is 3.31. The number of anilines is 1. The number of ether oxygens (including phenoxy) is 2. The second kappa shape index (κ2) is 15.1. The summed E-state index contributed by atoms with van der Waals surface area (Å²) in [6.07, 6.45) is 3.10. The third kappa shape index (κ3) is 10.9. The van der Waals surface area contributed by atoms with E-state index in [1.54, 1.807) is 43.3 Å². The van der Waals surface area contributed by atoms with Gasteiger partial charge >= 0.3 is 12.1 Å². The van der Waals surface area contributed by atoms with E-state index < -0.39 is 11.7 Å². The quantitative estimate of drug-likeness (QED) is 0.273. The topological polar surface area (TPSA) is 113 Å². The van der Waals surface area contributed by atoms with Crippen LogP contribution in [0.3, 0.4) is 0 Å². The molecule has 2 aromatic rings. The fourth-order valence-electron chi connectivity index (χ4n) is 4.20. The average molecular weight is 574 g/mol. The van der Waals surface area contributed by atoms with Gasteiger partial charge in [-0.3, -0.25) is 20.0 Å². The first-order chi connectivity index (χ1) is 19.0. The number of Topliss-reactive ketones (excluding diaryl/α,β-unsaturated/α-hetero) is 1. The lowest BCUT2D eigenvalue weighted by atomic mass is 10.1. The molecule has 40 heavy (non-hydrogen) atoms. The number of rotatable bonds is 12. The van der Waals surface area contributed by atoms with Gasteiger partial charge in [0.05, 0.1) is 18.9 Å². The third-order valence-corrected chi connectivity index (χ3v) is 6.96. The van der Waals surface area contributed by atoms with Gasteiger partial charge in [0, 0.05) is 50.2 Å². The first-order valence-corrected chi connectivity index (χ1v) is 14.8. The zero-order valence-electron chi connectivity index (χ0n) is 24.3. The van der Waals surface area contributed by atoms with Crippen LogP contribution >= 0.6 is 11.3 Å². The lowest BCUT2D eigenvalue weighted by molar-refractivity contribution is 0.0369. The van der Waals surface area contributed by atoms with Gasteiger partial charge in [-0.2, -0.15) is 0 Å². The van der Waals surface area contributed by atoms with Crippen LogP contribution in [0.4, 0.5) is 15.3 Å². The number of thiophene rings is 1. The lowest BCUT2D eigenvalue weighted by Crippen LogP contribution is -2.43. The number of carbonyl (C=O) groups is 3. The van der Waals surface area contributed by atoms with Crippen molar-refractivity contribution in [3.05, 3.63) is 45.9 Å². The Kier molecular flexibility index (Phi) is 11.9. The number of unbranched alkanes of at least 4 members (excludes halogenated alkanes) is 1. The van der Waals surface area contributed by atoms with Crippen molar-refractivity contribution in [2.24, 2.45) is 0 Å². The Morgan fingerprint density at radius 3 is 2.55 bits per heavy atom. The second-order valence-electron chi connectivity index (χ2n) is 11.3. The van der Waals surface area contributed by atoms with Crippen LogP contribution in [0.15, 0.2) is 29.1 Å². The molecule has 10 nitrogen and oxygen atoms in total. The molecule has 1 aliphatic heterocycles. The molecule has 0 unspecified atom stereocenters. The summed E-state index contributed by atoms with van der Waals surface area (Å²) in [5.41, 5.74) is 1.84. The van der Waals surface area contributed by atoms with Crippen molar-refractivity contribution in [1.82, 2.24) is 20.1 Å². The van der Waals surface area contributed by atoms with Crippen molar-refractivity contribution in [3.63, 3.8) is 0 Å². The van der Waals surface area contributed by atoms with Crippen LogP contribution in [0, 0.1) is 0 Å². The van der Waals surface area contributed by atoms with Crippen molar-refractivity contribution in [1.29, 1.82) is 0 Å². The molecule has 3 heterocycles. The molecule has 0 aliphatic carbocycles. The summed E-state index contributed by atoms with van der Waals surface area (Å²) in [5.74, 6) is -0.158. The molecule has 220 valence electrons. The minimum absolute atomic E-state index is 0.0354. The SMILES string of the molecule is CC(C)NC(=O)N(CCCCN1CCOCC1)Cc1ccc(C(=O)Cc2cscc2NC(=O)OC(C)(C)C)nc1. The van der Waals surface area contributed by atoms with Gasteiger partial charge in [-0.25, -0.2) is 9.59 Å². The summed E-state index contributed by atoms with van der Waals surface area (Å²) >= 11 is 1.40. The van der Waals surface area contributed by atoms with Gasteiger partial charge in [0.15, 0.2) is 5.78 Å². The maximum atomic E-state index is 13.0. The Labute approximate surface area is 241 Å². The standard InChI is InChI=1S/C29H43N5O5S/c1-21(2)31-27(36)34(11-7-6-10-33-12-14-38-15-13-33)18-22-8-9-24(30-17-22)26(35)16-23-19-40-20-25(23)32-28(37)39-29(3,4)5/h8-9,17,19-21H,6-7,10-16,18H2,1-5H3,(H,31,36)(H,32,37). The predicted molar refractivity (Wildman–Crippen MR) is 157 cm³/mol. The summed E-state index contributed by atoms with van der Waals surface area (Å²) < 4.78 is 10.7. The highest BCUT2D eigenvalue weighted by molar-refractivity contribution is 7.08. The molecule has 0 bridgehead atoms. The number of carbonyl (C=O) groups excluding carboxylic acids is 3. The normalized spacial score (nSPS) is 14.2. The monoisotopic (exact) mass is 573 g/mol. The summed E-state index contributed by atoms with van der Waals surface area (Å²) in [6, 6.07) is 3.47. The highest BCUT2D eigenvalue weighted by Crippen LogP contribution is 2.23. The van der Waals surface area contributed by atoms with Gasteiger partial charge in [-0.1, -0.05) is 6.07 Å². The second-order valence-corrected chi connectivity index (χ2v) is 12.0. The molecule has 3 amide bonds. The highest BCUT2D eigenvalue weighted by Gasteiger charge is 2.20. The van der Waals surface area contributed by atoms with Crippen LogP contribution in [-0.4, -0.2) is 83.7 Å². The van der Waals surface area contributed by atoms with Crippen molar-refractivity contribution in [3.8, 4) is 0 Å². The number of hydrogen-bond acceptors (Lipinski definition) is 8. The number of amides is 3. The van der Waals surface area contributed by atoms with Crippen molar-refractivity contribution in [2.45, 2.75) is 72.1 Å². The van der Waals surface area contributed by atoms with Crippen molar-refractivity contribution >= 4 is 34.9 Å². The Balaban J connectivity index is 1.56. The first kappa shape index (κ1) is 31.5. The van der Waals surface area contributed by atoms with E-state index in [-0.39, 0.29) is 24.3 Å². The number of urea groups is 1. The molecule has 1 fully saturated rings. The molecule has 2 aromatic heterocycles. The predicted octanol–water partition coefficient (Wildman–Crippen LogP) is 4.95. The molecule has 1 saturated heterocycles. The number of aromatic nitrogens is 1. The summed E-state index contributed by atoms with van der Waals surface area (Å²) in [6.45, 7) is 14.8. The van der Waals surface area contributed by atoms with Gasteiger partial charge in [0.1, 0.15) is 11.3 Å². The van der Waals surface area contributed by atoms with E-state index >= 15 is 0 Å². The summed E-state index contributed by atoms with van der Waals surface area (Å²) in [4.78, 5) is 46.6. The smallest absolute Gasteiger partial charge is 0.412 e. The van der Waals surface area contributed by atoms with E-state index in [2.05, 4.69) is 20.5 Å². The Morgan fingerprint density at radius 1 is 1.15 bits per heavy atom. The van der Waals surface area contributed by atoms with Gasteiger partial charge in [-0.05, 0) is 76.6 Å². The van der Waals surface area contributed by atoms with Crippen LogP contribution < -0.4 is 10.6 Å². The lowest BCUT2D eigenvalue weighted by Gasteiger charge is -2.27. The van der Waals surface area contributed by atoms with Gasteiger partial charge in [0.2, 0.25) is 0 Å². The molecule has 11 heteroatoms. The third-order valence-electron chi connectivity index (χ3n) is 6.17. The van der Waals surface area contributed by atoms with Gasteiger partial charge < -0.3 is 19.7 Å². The molecule has 2 N–H and O–H groups in total. The minimum Gasteiger partial charge on any atom is -0.444 e. The Morgan fingerprint density at radius 2 is 1.90 bits per heavy atom. The fraction of sp³-hybridized carbons (Fsp3) is 0.586. The summed E-state index contributed by atoms with van der Waals surface area (Å²) in [5, 5.41) is 9.32. The van der Waals surface area contributed by atoms with Crippen LogP contribution in [0.2, 0.25) is 0 Å². The van der Waals surface area contributed by atoms with E-state index in [0.29, 0.717) is 30.0 Å². The van der Waals surface area contributed by atoms with Crippen molar-refractivity contribution < 1.29 is 23.9 Å². The zero-order chi connectivity index (χ0) is 29.1. The van der Waals surface area contributed by atoms with Crippen LogP contribution in [-0.2, 0) is 22.4 Å². The van der Waals surface area contributed by atoms with Crippen LogP contribution in [0.5, 0.6) is 0 Å². The number of morpholine rings is 1. The Hall–Kier alpha value is -3.02. The van der Waals surface area contributed by atoms with Crippen LogP contribution in [0.1, 0.15) is 69.1 Å². The highest BCUT2D eigenvalue weighted by atomic mass is 32.1. The first-order valence-electron chi connectivity index (χ1n) is 13.9. The molecule has 0 radical (unpaired) electrons. The fourth-order valence-corrected chi connectivity index (χ4v) is 4.99. The summed E-state index contributed by atoms with van der Waals surface area (Å²) in [7, 11) is 0.